The molecule has 2 fully saturated rings. The average Bonchev–Trinajstić information content (AvgIpc) is 2.55. The van der Waals surface area contributed by atoms with Crippen LogP contribution < -0.4 is 0 Å². The summed E-state index contributed by atoms with van der Waals surface area (Å²) in [6, 6.07) is 0. The van der Waals surface area contributed by atoms with Gasteiger partial charge in [0.15, 0.2) is 0 Å². The molecule has 0 N–H and O–H groups in total. The minimum atomic E-state index is 0.559. The zero-order valence-electron chi connectivity index (χ0n) is 8.88. The van der Waals surface area contributed by atoms with Crippen LogP contribution in [0.1, 0.15) is 32.1 Å². The van der Waals surface area contributed by atoms with Crippen LogP contribution in [0.5, 0.6) is 0 Å². The molecule has 0 radical (unpaired) electrons. The van der Waals surface area contributed by atoms with E-state index in [-0.39, 0.29) is 0 Å². The van der Waals surface area contributed by atoms with Crippen molar-refractivity contribution in [2.24, 2.45) is 5.41 Å². The number of rotatable bonds is 1. The molecule has 2 nitrogen and oxygen atoms in total. The van der Waals surface area contributed by atoms with Crippen LogP contribution in [0.2, 0.25) is 0 Å². The number of nitrogens with zero attached hydrogens (tertiary/aromatic N) is 1. The van der Waals surface area contributed by atoms with Crippen molar-refractivity contribution >= 4 is 0 Å². The Bertz CT molecular complexity index is 173. The number of hydrogen-bond acceptors (Lipinski definition) is 2. The Kier molecular flexibility index (Phi) is 2.61. The van der Waals surface area contributed by atoms with E-state index in [9.17, 15) is 0 Å². The molecule has 13 heavy (non-hydrogen) atoms. The number of hydrogen-bond donors (Lipinski definition) is 0. The molecule has 1 unspecified atom stereocenters. The van der Waals surface area contributed by atoms with Crippen LogP contribution in [0.3, 0.4) is 0 Å². The fourth-order valence-corrected chi connectivity index (χ4v) is 2.90. The third-order valence-electron chi connectivity index (χ3n) is 4.04. The average molecular weight is 183 g/mol. The fourth-order valence-electron chi connectivity index (χ4n) is 2.90. The van der Waals surface area contributed by atoms with Crippen molar-refractivity contribution < 1.29 is 4.74 Å². The highest BCUT2D eigenvalue weighted by Gasteiger charge is 2.40. The van der Waals surface area contributed by atoms with Crippen LogP contribution in [0, 0.1) is 5.41 Å². The molecule has 2 heteroatoms. The normalized spacial score (nSPS) is 34.2. The Morgan fingerprint density at radius 3 is 2.46 bits per heavy atom. The quantitative estimate of drug-likeness (QED) is 0.615. The van der Waals surface area contributed by atoms with Crippen molar-refractivity contribution in [3.63, 3.8) is 0 Å². The Labute approximate surface area is 81.3 Å². The molecule has 0 aromatic rings. The minimum Gasteiger partial charge on any atom is -0.381 e. The van der Waals surface area contributed by atoms with Gasteiger partial charge in [-0.15, -0.1) is 0 Å². The van der Waals surface area contributed by atoms with Crippen molar-refractivity contribution in [1.29, 1.82) is 0 Å². The summed E-state index contributed by atoms with van der Waals surface area (Å²) in [4.78, 5) is 2.45. The molecule has 0 amide bonds. The van der Waals surface area contributed by atoms with Gasteiger partial charge in [-0.2, -0.15) is 0 Å². The van der Waals surface area contributed by atoms with Gasteiger partial charge in [-0.25, -0.2) is 0 Å². The van der Waals surface area contributed by atoms with E-state index < -0.39 is 0 Å². The standard InChI is InChI=1S/C11H21NO/c1-12-7-5-11(6-8-12)4-3-10(9-11)13-2/h10H,3-9H2,1-2H3. The van der Waals surface area contributed by atoms with Gasteiger partial charge in [-0.3, -0.25) is 0 Å². The first-order valence-corrected chi connectivity index (χ1v) is 5.45. The third kappa shape index (κ3) is 1.89. The van der Waals surface area contributed by atoms with Gasteiger partial charge >= 0.3 is 0 Å². The minimum absolute atomic E-state index is 0.559. The second-order valence-electron chi connectivity index (χ2n) is 4.90. The van der Waals surface area contributed by atoms with Crippen LogP contribution in [0.25, 0.3) is 0 Å². The lowest BCUT2D eigenvalue weighted by atomic mass is 9.77. The topological polar surface area (TPSA) is 12.5 Å². The van der Waals surface area contributed by atoms with Gasteiger partial charge in [-0.1, -0.05) is 0 Å². The van der Waals surface area contributed by atoms with Gasteiger partial charge < -0.3 is 9.64 Å². The molecule has 2 aliphatic rings. The highest BCUT2D eigenvalue weighted by Crippen LogP contribution is 2.46. The molecule has 1 aliphatic carbocycles. The Balaban J connectivity index is 1.92. The molecule has 2 rings (SSSR count). The molecule has 1 saturated heterocycles. The van der Waals surface area contributed by atoms with Gasteiger partial charge in [-0.05, 0) is 57.7 Å². The second-order valence-corrected chi connectivity index (χ2v) is 4.90. The van der Waals surface area contributed by atoms with Crippen LogP contribution in [0.4, 0.5) is 0 Å². The highest BCUT2D eigenvalue weighted by atomic mass is 16.5. The highest BCUT2D eigenvalue weighted by molar-refractivity contribution is 4.92. The van der Waals surface area contributed by atoms with Crippen molar-refractivity contribution in [1.82, 2.24) is 4.90 Å². The van der Waals surface area contributed by atoms with Gasteiger partial charge in [0.25, 0.3) is 0 Å². The predicted octanol–water partition coefficient (Wildman–Crippen LogP) is 1.90. The zero-order chi connectivity index (χ0) is 9.31. The Morgan fingerprint density at radius 2 is 1.92 bits per heavy atom. The molecule has 1 saturated carbocycles. The van der Waals surface area contributed by atoms with E-state index in [1.54, 1.807) is 0 Å². The monoisotopic (exact) mass is 183 g/mol. The summed E-state index contributed by atoms with van der Waals surface area (Å²) in [7, 11) is 4.09. The number of methoxy groups -OCH3 is 1. The summed E-state index contributed by atoms with van der Waals surface area (Å²) in [6.45, 7) is 2.58. The zero-order valence-corrected chi connectivity index (χ0v) is 8.88. The van der Waals surface area contributed by atoms with E-state index in [1.165, 1.54) is 45.2 Å². The lowest BCUT2D eigenvalue weighted by molar-refractivity contribution is 0.0730. The number of likely N-dealkylation sites (tertiary alicyclic amines) is 1. The SMILES string of the molecule is COC1CCC2(CCN(C)CC2)C1. The number of ether oxygens (including phenoxy) is 1. The van der Waals surface area contributed by atoms with Gasteiger partial charge in [0.2, 0.25) is 0 Å². The van der Waals surface area contributed by atoms with Crippen LogP contribution in [-0.4, -0.2) is 38.3 Å². The molecule has 1 aliphatic heterocycles. The van der Waals surface area contributed by atoms with Gasteiger partial charge in [0, 0.05) is 7.11 Å². The largest absolute Gasteiger partial charge is 0.381 e. The lowest BCUT2D eigenvalue weighted by Crippen LogP contribution is -2.36. The summed E-state index contributed by atoms with van der Waals surface area (Å²) >= 11 is 0. The molecule has 1 atom stereocenters. The first-order chi connectivity index (χ1) is 6.24. The predicted molar refractivity (Wildman–Crippen MR) is 53.8 cm³/mol. The Hall–Kier alpha value is -0.0800. The summed E-state index contributed by atoms with van der Waals surface area (Å²) < 4.78 is 5.45. The van der Waals surface area contributed by atoms with Crippen LogP contribution in [-0.2, 0) is 4.74 Å². The molecule has 0 aromatic carbocycles. The molecular formula is C11H21NO. The van der Waals surface area contributed by atoms with E-state index in [2.05, 4.69) is 11.9 Å². The van der Waals surface area contributed by atoms with Crippen molar-refractivity contribution in [2.45, 2.75) is 38.2 Å². The summed E-state index contributed by atoms with van der Waals surface area (Å²) in [5, 5.41) is 0. The van der Waals surface area contributed by atoms with E-state index in [0.717, 1.165) is 0 Å². The Morgan fingerprint density at radius 1 is 1.23 bits per heavy atom. The first kappa shape index (κ1) is 9.47. The maximum absolute atomic E-state index is 5.45. The summed E-state index contributed by atoms with van der Waals surface area (Å²) in [6.07, 6.45) is 7.35. The number of piperidine rings is 1. The summed E-state index contributed by atoms with van der Waals surface area (Å²) in [5.74, 6) is 0. The smallest absolute Gasteiger partial charge is 0.0576 e. The van der Waals surface area contributed by atoms with Crippen molar-refractivity contribution in [3.05, 3.63) is 0 Å². The van der Waals surface area contributed by atoms with Gasteiger partial charge in [0.05, 0.1) is 6.10 Å². The van der Waals surface area contributed by atoms with Gasteiger partial charge in [0.1, 0.15) is 0 Å². The van der Waals surface area contributed by atoms with Crippen molar-refractivity contribution in [3.8, 4) is 0 Å². The molecule has 0 bridgehead atoms. The lowest BCUT2D eigenvalue weighted by Gasteiger charge is -2.37. The summed E-state index contributed by atoms with van der Waals surface area (Å²) in [5.41, 5.74) is 0.660. The second kappa shape index (κ2) is 3.58. The van der Waals surface area contributed by atoms with E-state index in [1.807, 2.05) is 7.11 Å². The molecule has 1 heterocycles. The fraction of sp³-hybridized carbons (Fsp3) is 1.00. The first-order valence-electron chi connectivity index (χ1n) is 5.45. The van der Waals surface area contributed by atoms with Crippen LogP contribution in [0.15, 0.2) is 0 Å². The maximum atomic E-state index is 5.45. The van der Waals surface area contributed by atoms with Crippen LogP contribution >= 0.6 is 0 Å². The molecule has 0 aromatic heterocycles. The maximum Gasteiger partial charge on any atom is 0.0576 e. The molecule has 1 spiro atoms. The van der Waals surface area contributed by atoms with E-state index in [0.29, 0.717) is 11.5 Å². The molecular weight excluding hydrogens is 162 g/mol. The van der Waals surface area contributed by atoms with E-state index in [4.69, 9.17) is 4.74 Å². The third-order valence-corrected chi connectivity index (χ3v) is 4.04. The molecule has 76 valence electrons. The van der Waals surface area contributed by atoms with E-state index >= 15 is 0 Å². The van der Waals surface area contributed by atoms with Crippen molar-refractivity contribution in [2.75, 3.05) is 27.2 Å².